The third-order valence-corrected chi connectivity index (χ3v) is 2.51. The number of rotatable bonds is 9. The molecular weight excluding hydrogens is 244 g/mol. The second kappa shape index (κ2) is 8.47. The van der Waals surface area contributed by atoms with Gasteiger partial charge in [0, 0.05) is 6.54 Å². The Bertz CT molecular complexity index is 371. The van der Waals surface area contributed by atoms with Crippen LogP contribution < -0.4 is 21.3 Å². The molecule has 7 heteroatoms. The molecule has 1 aromatic rings. The van der Waals surface area contributed by atoms with Gasteiger partial charge < -0.3 is 10.1 Å². The Hall–Kier alpha value is -1.63. The summed E-state index contributed by atoms with van der Waals surface area (Å²) in [5.41, 5.74) is 2.40. The SMILES string of the molecule is CCOc1nc(NN)nc(NCCCCC(C)C)n1. The summed E-state index contributed by atoms with van der Waals surface area (Å²) in [5, 5.41) is 3.15. The minimum atomic E-state index is 0.273. The molecule has 0 aliphatic carbocycles. The van der Waals surface area contributed by atoms with Gasteiger partial charge in [0.25, 0.3) is 0 Å². The Balaban J connectivity index is 2.45. The van der Waals surface area contributed by atoms with Crippen molar-refractivity contribution >= 4 is 11.9 Å². The van der Waals surface area contributed by atoms with Gasteiger partial charge in [-0.05, 0) is 19.3 Å². The first kappa shape index (κ1) is 15.4. The summed E-state index contributed by atoms with van der Waals surface area (Å²) in [6.07, 6.45) is 3.51. The Morgan fingerprint density at radius 3 is 2.53 bits per heavy atom. The van der Waals surface area contributed by atoms with E-state index in [9.17, 15) is 0 Å². The molecule has 0 unspecified atom stereocenters. The molecule has 1 aromatic heterocycles. The number of aromatic nitrogens is 3. The van der Waals surface area contributed by atoms with Gasteiger partial charge in [-0.15, -0.1) is 0 Å². The Morgan fingerprint density at radius 1 is 1.16 bits per heavy atom. The fourth-order valence-corrected chi connectivity index (χ4v) is 1.57. The van der Waals surface area contributed by atoms with Gasteiger partial charge in [0.1, 0.15) is 0 Å². The monoisotopic (exact) mass is 268 g/mol. The van der Waals surface area contributed by atoms with Gasteiger partial charge in [-0.25, -0.2) is 5.84 Å². The largest absolute Gasteiger partial charge is 0.464 e. The summed E-state index contributed by atoms with van der Waals surface area (Å²) < 4.78 is 5.25. The van der Waals surface area contributed by atoms with Crippen LogP contribution in [0.1, 0.15) is 40.0 Å². The molecule has 1 heterocycles. The second-order valence-electron chi connectivity index (χ2n) is 4.66. The molecule has 0 amide bonds. The molecule has 0 atom stereocenters. The second-order valence-corrected chi connectivity index (χ2v) is 4.66. The van der Waals surface area contributed by atoms with Crippen LogP contribution in [0.5, 0.6) is 6.01 Å². The van der Waals surface area contributed by atoms with E-state index in [2.05, 4.69) is 39.5 Å². The van der Waals surface area contributed by atoms with Crippen molar-refractivity contribution in [2.75, 3.05) is 23.9 Å². The molecule has 0 fully saturated rings. The van der Waals surface area contributed by atoms with Crippen LogP contribution in [0.3, 0.4) is 0 Å². The van der Waals surface area contributed by atoms with E-state index in [1.807, 2.05) is 6.92 Å². The lowest BCUT2D eigenvalue weighted by molar-refractivity contribution is 0.312. The fourth-order valence-electron chi connectivity index (χ4n) is 1.57. The summed E-state index contributed by atoms with van der Waals surface area (Å²) in [4.78, 5) is 12.3. The number of nitrogen functional groups attached to an aromatic ring is 1. The van der Waals surface area contributed by atoms with E-state index in [-0.39, 0.29) is 6.01 Å². The maximum atomic E-state index is 5.31. The number of hydrogen-bond donors (Lipinski definition) is 3. The van der Waals surface area contributed by atoms with Gasteiger partial charge in [0.05, 0.1) is 6.61 Å². The van der Waals surface area contributed by atoms with Crippen molar-refractivity contribution in [3.05, 3.63) is 0 Å². The van der Waals surface area contributed by atoms with E-state index >= 15 is 0 Å². The number of anilines is 2. The summed E-state index contributed by atoms with van der Waals surface area (Å²) in [6.45, 7) is 7.66. The first-order chi connectivity index (χ1) is 9.15. The number of nitrogens with two attached hydrogens (primary N) is 1. The lowest BCUT2D eigenvalue weighted by Gasteiger charge is -2.09. The van der Waals surface area contributed by atoms with E-state index < -0.39 is 0 Å². The topological polar surface area (TPSA) is 98.0 Å². The normalized spacial score (nSPS) is 10.6. The van der Waals surface area contributed by atoms with Crippen LogP contribution in [-0.4, -0.2) is 28.1 Å². The van der Waals surface area contributed by atoms with Crippen LogP contribution in [-0.2, 0) is 0 Å². The smallest absolute Gasteiger partial charge is 0.323 e. The van der Waals surface area contributed by atoms with Crippen LogP contribution in [0.4, 0.5) is 11.9 Å². The highest BCUT2D eigenvalue weighted by Crippen LogP contribution is 2.11. The van der Waals surface area contributed by atoms with E-state index in [1.54, 1.807) is 0 Å². The zero-order valence-corrected chi connectivity index (χ0v) is 11.9. The number of ether oxygens (including phenoxy) is 1. The Labute approximate surface area is 114 Å². The average Bonchev–Trinajstić information content (AvgIpc) is 2.38. The molecule has 19 heavy (non-hydrogen) atoms. The number of unbranched alkanes of at least 4 members (excludes halogenated alkanes) is 1. The summed E-state index contributed by atoms with van der Waals surface area (Å²) in [5.74, 6) is 6.83. The molecule has 0 bridgehead atoms. The lowest BCUT2D eigenvalue weighted by Crippen LogP contribution is -2.15. The quantitative estimate of drug-likeness (QED) is 0.357. The number of nitrogens with zero attached hydrogens (tertiary/aromatic N) is 3. The van der Waals surface area contributed by atoms with Crippen molar-refractivity contribution < 1.29 is 4.74 Å². The number of hydrogen-bond acceptors (Lipinski definition) is 7. The van der Waals surface area contributed by atoms with Crippen molar-refractivity contribution in [3.8, 4) is 6.01 Å². The fraction of sp³-hybridized carbons (Fsp3) is 0.750. The van der Waals surface area contributed by atoms with Crippen molar-refractivity contribution in [2.45, 2.75) is 40.0 Å². The minimum absolute atomic E-state index is 0.273. The first-order valence-corrected chi connectivity index (χ1v) is 6.75. The standard InChI is InChI=1S/C12H24N6O/c1-4-19-12-16-10(15-11(17-12)18-13)14-8-6-5-7-9(2)3/h9H,4-8,13H2,1-3H3,(H2,14,15,16,17,18). The molecule has 0 spiro atoms. The van der Waals surface area contributed by atoms with E-state index in [0.29, 0.717) is 18.5 Å². The molecule has 0 aliphatic heterocycles. The predicted octanol–water partition coefficient (Wildman–Crippen LogP) is 1.79. The van der Waals surface area contributed by atoms with E-state index in [0.717, 1.165) is 18.9 Å². The van der Waals surface area contributed by atoms with Gasteiger partial charge in [-0.3, -0.25) is 5.43 Å². The lowest BCUT2D eigenvalue weighted by atomic mass is 10.1. The van der Waals surface area contributed by atoms with E-state index in [4.69, 9.17) is 10.6 Å². The molecule has 0 radical (unpaired) electrons. The summed E-state index contributed by atoms with van der Waals surface area (Å²) in [7, 11) is 0. The highest BCUT2D eigenvalue weighted by atomic mass is 16.5. The molecule has 0 aromatic carbocycles. The molecule has 0 saturated carbocycles. The molecule has 1 rings (SSSR count). The number of nitrogens with one attached hydrogen (secondary N) is 2. The highest BCUT2D eigenvalue weighted by molar-refractivity contribution is 5.34. The van der Waals surface area contributed by atoms with E-state index in [1.165, 1.54) is 12.8 Å². The van der Waals surface area contributed by atoms with Crippen LogP contribution in [0.25, 0.3) is 0 Å². The van der Waals surface area contributed by atoms with Crippen molar-refractivity contribution in [3.63, 3.8) is 0 Å². The molecule has 0 aliphatic rings. The van der Waals surface area contributed by atoms with Gasteiger partial charge in [0.15, 0.2) is 0 Å². The zero-order chi connectivity index (χ0) is 14.1. The molecule has 0 saturated heterocycles. The maximum absolute atomic E-state index is 5.31. The van der Waals surface area contributed by atoms with Crippen LogP contribution >= 0.6 is 0 Å². The average molecular weight is 268 g/mol. The van der Waals surface area contributed by atoms with Crippen molar-refractivity contribution in [2.24, 2.45) is 11.8 Å². The molecule has 108 valence electrons. The Morgan fingerprint density at radius 2 is 1.89 bits per heavy atom. The number of hydrazine groups is 1. The van der Waals surface area contributed by atoms with Crippen molar-refractivity contribution in [1.82, 2.24) is 15.0 Å². The van der Waals surface area contributed by atoms with Crippen molar-refractivity contribution in [1.29, 1.82) is 0 Å². The predicted molar refractivity (Wildman–Crippen MR) is 76.0 cm³/mol. The third-order valence-electron chi connectivity index (χ3n) is 2.51. The summed E-state index contributed by atoms with van der Waals surface area (Å²) in [6, 6.07) is 0.273. The highest BCUT2D eigenvalue weighted by Gasteiger charge is 2.05. The van der Waals surface area contributed by atoms with Gasteiger partial charge >= 0.3 is 6.01 Å². The minimum Gasteiger partial charge on any atom is -0.464 e. The van der Waals surface area contributed by atoms with Gasteiger partial charge in [-0.2, -0.15) is 15.0 Å². The molecular formula is C12H24N6O. The Kier molecular flexibility index (Phi) is 6.88. The first-order valence-electron chi connectivity index (χ1n) is 6.75. The molecule has 4 N–H and O–H groups in total. The van der Waals surface area contributed by atoms with Crippen LogP contribution in [0.15, 0.2) is 0 Å². The summed E-state index contributed by atoms with van der Waals surface area (Å²) >= 11 is 0. The van der Waals surface area contributed by atoms with Gasteiger partial charge in [0.2, 0.25) is 11.9 Å². The third kappa shape index (κ3) is 6.19. The van der Waals surface area contributed by atoms with Crippen LogP contribution in [0, 0.1) is 5.92 Å². The maximum Gasteiger partial charge on any atom is 0.323 e. The van der Waals surface area contributed by atoms with Crippen LogP contribution in [0.2, 0.25) is 0 Å². The molecule has 7 nitrogen and oxygen atoms in total. The van der Waals surface area contributed by atoms with Gasteiger partial charge in [-0.1, -0.05) is 26.7 Å². The zero-order valence-electron chi connectivity index (χ0n) is 11.9.